The summed E-state index contributed by atoms with van der Waals surface area (Å²) in [5.74, 6) is -0.0740. The predicted molar refractivity (Wildman–Crippen MR) is 155 cm³/mol. The fraction of sp³-hybridized carbons (Fsp3) is 0.281. The van der Waals surface area contributed by atoms with E-state index in [1.54, 1.807) is 29.2 Å². The van der Waals surface area contributed by atoms with Gasteiger partial charge >= 0.3 is 5.97 Å². The normalized spacial score (nSPS) is 14.1. The van der Waals surface area contributed by atoms with Crippen LogP contribution < -0.4 is 9.80 Å². The Morgan fingerprint density at radius 2 is 1.61 bits per heavy atom. The summed E-state index contributed by atoms with van der Waals surface area (Å²) in [5, 5.41) is 0. The van der Waals surface area contributed by atoms with Gasteiger partial charge in [0.25, 0.3) is 5.91 Å². The van der Waals surface area contributed by atoms with Crippen molar-refractivity contribution in [3.05, 3.63) is 101 Å². The molecule has 0 atom stereocenters. The molecule has 0 fully saturated rings. The Hall–Kier alpha value is -4.19. The van der Waals surface area contributed by atoms with Crippen LogP contribution in [0.1, 0.15) is 59.7 Å². The standard InChI is InChI=1S/C32H35N3O3/c1-5-6-7-8-9-23-10-14-25(15-11-23)30-33-29(22-24-12-18-27(19-13-24)34(2)3)31(36)35(30)28-20-16-26(17-21-28)32(37)38-4/h10-22H,5-9H2,1-4H3/b29-22+. The molecule has 0 radical (unpaired) electrons. The van der Waals surface area contributed by atoms with Gasteiger partial charge in [-0.05, 0) is 66.4 Å². The highest BCUT2D eigenvalue weighted by Gasteiger charge is 2.32. The maximum atomic E-state index is 13.7. The number of anilines is 2. The number of carbonyl (C=O) groups excluding carboxylic acids is 2. The number of esters is 1. The van der Waals surface area contributed by atoms with Crippen molar-refractivity contribution in [2.24, 2.45) is 4.99 Å². The zero-order chi connectivity index (χ0) is 27.1. The summed E-state index contributed by atoms with van der Waals surface area (Å²) in [6.07, 6.45) is 7.74. The van der Waals surface area contributed by atoms with Gasteiger partial charge in [0.05, 0.1) is 18.4 Å². The lowest BCUT2D eigenvalue weighted by atomic mass is 10.0. The van der Waals surface area contributed by atoms with Crippen molar-refractivity contribution >= 4 is 35.2 Å². The molecule has 1 aliphatic heterocycles. The number of benzene rings is 3. The average Bonchev–Trinajstić information content (AvgIpc) is 3.26. The lowest BCUT2D eigenvalue weighted by Crippen LogP contribution is -2.32. The molecule has 6 nitrogen and oxygen atoms in total. The van der Waals surface area contributed by atoms with Crippen LogP contribution in [0.5, 0.6) is 0 Å². The smallest absolute Gasteiger partial charge is 0.337 e. The molecule has 1 heterocycles. The minimum atomic E-state index is -0.422. The fourth-order valence-corrected chi connectivity index (χ4v) is 4.42. The highest BCUT2D eigenvalue weighted by molar-refractivity contribution is 6.33. The third-order valence-electron chi connectivity index (χ3n) is 6.65. The summed E-state index contributed by atoms with van der Waals surface area (Å²) >= 11 is 0. The van der Waals surface area contributed by atoms with Crippen molar-refractivity contribution in [3.63, 3.8) is 0 Å². The molecule has 3 aromatic rings. The molecular weight excluding hydrogens is 474 g/mol. The molecule has 196 valence electrons. The first-order valence-electron chi connectivity index (χ1n) is 13.1. The van der Waals surface area contributed by atoms with Crippen LogP contribution in [0, 0.1) is 0 Å². The van der Waals surface area contributed by atoms with Crippen LogP contribution in [0.15, 0.2) is 83.5 Å². The second kappa shape index (κ2) is 12.4. The summed E-state index contributed by atoms with van der Waals surface area (Å²) in [5.41, 5.74) is 5.53. The molecular formula is C32H35N3O3. The van der Waals surface area contributed by atoms with Gasteiger partial charge in [0.2, 0.25) is 0 Å². The number of amidine groups is 1. The summed E-state index contributed by atoms with van der Waals surface area (Å²) in [6, 6.07) is 23.1. The second-order valence-electron chi connectivity index (χ2n) is 9.64. The van der Waals surface area contributed by atoms with Crippen LogP contribution >= 0.6 is 0 Å². The van der Waals surface area contributed by atoms with E-state index in [0.29, 0.717) is 22.8 Å². The van der Waals surface area contributed by atoms with Gasteiger partial charge in [0, 0.05) is 25.3 Å². The van der Waals surface area contributed by atoms with E-state index in [4.69, 9.17) is 9.73 Å². The minimum Gasteiger partial charge on any atom is -0.465 e. The van der Waals surface area contributed by atoms with E-state index in [9.17, 15) is 9.59 Å². The van der Waals surface area contributed by atoms with Gasteiger partial charge in [-0.1, -0.05) is 62.6 Å². The van der Waals surface area contributed by atoms with Crippen molar-refractivity contribution in [1.82, 2.24) is 0 Å². The zero-order valence-electron chi connectivity index (χ0n) is 22.6. The van der Waals surface area contributed by atoms with E-state index < -0.39 is 5.97 Å². The molecule has 0 unspecified atom stereocenters. The Labute approximate surface area is 225 Å². The minimum absolute atomic E-state index is 0.217. The Morgan fingerprint density at radius 1 is 0.921 bits per heavy atom. The second-order valence-corrected chi connectivity index (χ2v) is 9.64. The van der Waals surface area contributed by atoms with E-state index in [1.165, 1.54) is 38.4 Å². The van der Waals surface area contributed by atoms with Crippen LogP contribution in [0.25, 0.3) is 6.08 Å². The Bertz CT molecular complexity index is 1320. The highest BCUT2D eigenvalue weighted by atomic mass is 16.5. The number of aryl methyl sites for hydroxylation is 1. The number of aliphatic imine (C=N–C) groups is 1. The molecule has 38 heavy (non-hydrogen) atoms. The Balaban J connectivity index is 1.67. The van der Waals surface area contributed by atoms with Crippen LogP contribution in [-0.4, -0.2) is 38.9 Å². The zero-order valence-corrected chi connectivity index (χ0v) is 22.6. The number of hydrogen-bond acceptors (Lipinski definition) is 5. The Kier molecular flexibility index (Phi) is 8.74. The third-order valence-corrected chi connectivity index (χ3v) is 6.65. The van der Waals surface area contributed by atoms with Gasteiger partial charge in [0.15, 0.2) is 0 Å². The summed E-state index contributed by atoms with van der Waals surface area (Å²) in [4.78, 5) is 34.0. The van der Waals surface area contributed by atoms with Gasteiger partial charge < -0.3 is 9.64 Å². The maximum absolute atomic E-state index is 13.7. The fourth-order valence-electron chi connectivity index (χ4n) is 4.42. The molecule has 0 aromatic heterocycles. The quantitative estimate of drug-likeness (QED) is 0.178. The van der Waals surface area contributed by atoms with Gasteiger partial charge in [-0.25, -0.2) is 9.79 Å². The van der Waals surface area contributed by atoms with E-state index in [2.05, 4.69) is 19.1 Å². The molecule has 3 aromatic carbocycles. The van der Waals surface area contributed by atoms with Crippen molar-refractivity contribution < 1.29 is 14.3 Å². The van der Waals surface area contributed by atoms with Crippen molar-refractivity contribution in [1.29, 1.82) is 0 Å². The van der Waals surface area contributed by atoms with Crippen molar-refractivity contribution in [2.45, 2.75) is 39.0 Å². The lowest BCUT2D eigenvalue weighted by Gasteiger charge is -2.19. The first-order valence-corrected chi connectivity index (χ1v) is 13.1. The van der Waals surface area contributed by atoms with Crippen molar-refractivity contribution in [3.8, 4) is 0 Å². The third kappa shape index (κ3) is 6.20. The molecule has 0 aliphatic carbocycles. The van der Waals surface area contributed by atoms with E-state index in [-0.39, 0.29) is 5.91 Å². The van der Waals surface area contributed by atoms with Crippen LogP contribution in [0.3, 0.4) is 0 Å². The number of rotatable bonds is 10. The largest absolute Gasteiger partial charge is 0.465 e. The van der Waals surface area contributed by atoms with Crippen LogP contribution in [0.4, 0.5) is 11.4 Å². The topological polar surface area (TPSA) is 62.2 Å². The number of unbranched alkanes of at least 4 members (excludes halogenated alkanes) is 3. The van der Waals surface area contributed by atoms with Crippen molar-refractivity contribution in [2.75, 3.05) is 31.0 Å². The molecule has 0 bridgehead atoms. The van der Waals surface area contributed by atoms with Gasteiger partial charge in [0.1, 0.15) is 11.5 Å². The first-order chi connectivity index (χ1) is 18.4. The van der Waals surface area contributed by atoms with Gasteiger partial charge in [-0.2, -0.15) is 0 Å². The number of hydrogen-bond donors (Lipinski definition) is 0. The Morgan fingerprint density at radius 3 is 2.21 bits per heavy atom. The summed E-state index contributed by atoms with van der Waals surface area (Å²) in [6.45, 7) is 2.22. The molecule has 4 rings (SSSR count). The number of amides is 1. The first kappa shape index (κ1) is 26.9. The molecule has 0 saturated heterocycles. The SMILES string of the molecule is CCCCCCc1ccc(C2=N/C(=C/c3ccc(N(C)C)cc3)C(=O)N2c2ccc(C(=O)OC)cc2)cc1. The monoisotopic (exact) mass is 509 g/mol. The predicted octanol–water partition coefficient (Wildman–Crippen LogP) is 6.50. The number of ether oxygens (including phenoxy) is 1. The summed E-state index contributed by atoms with van der Waals surface area (Å²) < 4.78 is 4.82. The van der Waals surface area contributed by atoms with E-state index in [1.807, 2.05) is 61.5 Å². The number of carbonyl (C=O) groups is 2. The summed E-state index contributed by atoms with van der Waals surface area (Å²) in [7, 11) is 5.33. The van der Waals surface area contributed by atoms with Crippen LogP contribution in [0.2, 0.25) is 0 Å². The molecule has 1 amide bonds. The lowest BCUT2D eigenvalue weighted by molar-refractivity contribution is -0.113. The number of nitrogens with zero attached hydrogens (tertiary/aromatic N) is 3. The number of methoxy groups -OCH3 is 1. The maximum Gasteiger partial charge on any atom is 0.337 e. The van der Waals surface area contributed by atoms with E-state index >= 15 is 0 Å². The molecule has 0 N–H and O–H groups in total. The molecule has 0 saturated carbocycles. The molecule has 0 spiro atoms. The van der Waals surface area contributed by atoms with Gasteiger partial charge in [-0.3, -0.25) is 9.69 Å². The highest BCUT2D eigenvalue weighted by Crippen LogP contribution is 2.29. The van der Waals surface area contributed by atoms with Crippen LogP contribution in [-0.2, 0) is 16.0 Å². The van der Waals surface area contributed by atoms with E-state index in [0.717, 1.165) is 23.2 Å². The average molecular weight is 510 g/mol. The molecule has 6 heteroatoms. The van der Waals surface area contributed by atoms with Gasteiger partial charge in [-0.15, -0.1) is 0 Å². The molecule has 1 aliphatic rings.